The molecule has 0 spiro atoms. The molecule has 0 atom stereocenters. The zero-order valence-corrected chi connectivity index (χ0v) is 20.0. The van der Waals surface area contributed by atoms with Crippen LogP contribution in [0.4, 0.5) is 14.7 Å². The standard InChI is InChI=1S/C26H25F2N7O/c1-17-14-19(4-6-21(17)27)24-31-25(20-5-7-22(28)18(2)15-20)35(32-24)16-23(36)33-10-12-34(13-11-33)26-29-8-3-9-30-26/h3-9,14-15H,10-13,16H2,1-2H3. The van der Waals surface area contributed by atoms with Gasteiger partial charge in [0.05, 0.1) is 0 Å². The summed E-state index contributed by atoms with van der Waals surface area (Å²) in [6.45, 7) is 5.62. The van der Waals surface area contributed by atoms with Gasteiger partial charge in [-0.3, -0.25) is 4.79 Å². The molecule has 4 aromatic rings. The van der Waals surface area contributed by atoms with Crippen molar-refractivity contribution in [2.45, 2.75) is 20.4 Å². The Hall–Kier alpha value is -4.21. The SMILES string of the molecule is Cc1cc(-c2nc(-c3ccc(F)c(C)c3)n(CC(=O)N3CCN(c4ncccn4)CC3)n2)ccc1F. The number of rotatable bonds is 5. The third kappa shape index (κ3) is 4.79. The highest BCUT2D eigenvalue weighted by molar-refractivity contribution is 5.77. The molecule has 1 aliphatic rings. The highest BCUT2D eigenvalue weighted by Gasteiger charge is 2.24. The molecule has 0 bridgehead atoms. The Balaban J connectivity index is 1.40. The van der Waals surface area contributed by atoms with Crippen LogP contribution >= 0.6 is 0 Å². The molecule has 1 fully saturated rings. The second-order valence-corrected chi connectivity index (χ2v) is 8.76. The quantitative estimate of drug-likeness (QED) is 0.426. The Morgan fingerprint density at radius 3 is 2.14 bits per heavy atom. The molecule has 0 radical (unpaired) electrons. The Bertz CT molecular complexity index is 1400. The van der Waals surface area contributed by atoms with Crippen LogP contribution < -0.4 is 4.90 Å². The van der Waals surface area contributed by atoms with Crippen LogP contribution in [0, 0.1) is 25.5 Å². The topological polar surface area (TPSA) is 80.0 Å². The van der Waals surface area contributed by atoms with Crippen molar-refractivity contribution in [3.63, 3.8) is 0 Å². The molecular weight excluding hydrogens is 464 g/mol. The molecule has 8 nitrogen and oxygen atoms in total. The maximum absolute atomic E-state index is 13.9. The summed E-state index contributed by atoms with van der Waals surface area (Å²) in [6.07, 6.45) is 3.40. The summed E-state index contributed by atoms with van der Waals surface area (Å²) in [5.41, 5.74) is 2.22. The lowest BCUT2D eigenvalue weighted by Crippen LogP contribution is -2.50. The van der Waals surface area contributed by atoms with E-state index >= 15 is 0 Å². The van der Waals surface area contributed by atoms with Gasteiger partial charge in [-0.05, 0) is 67.4 Å². The van der Waals surface area contributed by atoms with E-state index in [9.17, 15) is 13.6 Å². The van der Waals surface area contributed by atoms with Crippen LogP contribution in [0.15, 0.2) is 54.9 Å². The number of carbonyl (C=O) groups excluding carboxylic acids is 1. The van der Waals surface area contributed by atoms with Gasteiger partial charge < -0.3 is 9.80 Å². The molecular formula is C26H25F2N7O. The molecule has 1 amide bonds. The van der Waals surface area contributed by atoms with E-state index in [2.05, 4.69) is 20.1 Å². The molecule has 10 heteroatoms. The first kappa shape index (κ1) is 23.5. The van der Waals surface area contributed by atoms with Gasteiger partial charge in [-0.2, -0.15) is 0 Å². The number of hydrogen-bond donors (Lipinski definition) is 0. The number of aryl methyl sites for hydroxylation is 2. The zero-order chi connectivity index (χ0) is 25.2. The highest BCUT2D eigenvalue weighted by Crippen LogP contribution is 2.25. The molecule has 36 heavy (non-hydrogen) atoms. The first-order valence-corrected chi connectivity index (χ1v) is 11.7. The van der Waals surface area contributed by atoms with Crippen LogP contribution in [0.3, 0.4) is 0 Å². The average molecular weight is 490 g/mol. The third-order valence-corrected chi connectivity index (χ3v) is 6.26. The van der Waals surface area contributed by atoms with Crippen LogP contribution in [0.2, 0.25) is 0 Å². The Morgan fingerprint density at radius 1 is 0.889 bits per heavy atom. The van der Waals surface area contributed by atoms with Gasteiger partial charge in [0.1, 0.15) is 18.2 Å². The van der Waals surface area contributed by atoms with Crippen molar-refractivity contribution in [2.24, 2.45) is 0 Å². The van der Waals surface area contributed by atoms with Gasteiger partial charge >= 0.3 is 0 Å². The Morgan fingerprint density at radius 2 is 1.50 bits per heavy atom. The van der Waals surface area contributed by atoms with Crippen LogP contribution in [0.1, 0.15) is 11.1 Å². The highest BCUT2D eigenvalue weighted by atomic mass is 19.1. The Kier molecular flexibility index (Phi) is 6.41. The molecule has 0 saturated carbocycles. The maximum Gasteiger partial charge on any atom is 0.244 e. The fraction of sp³-hybridized carbons (Fsp3) is 0.269. The first-order chi connectivity index (χ1) is 17.4. The normalized spacial score (nSPS) is 13.8. The number of benzene rings is 2. The monoisotopic (exact) mass is 489 g/mol. The fourth-order valence-electron chi connectivity index (χ4n) is 4.19. The van der Waals surface area contributed by atoms with E-state index in [4.69, 9.17) is 0 Å². The predicted octanol–water partition coefficient (Wildman–Crippen LogP) is 3.65. The van der Waals surface area contributed by atoms with Gasteiger partial charge in [0.15, 0.2) is 11.6 Å². The lowest BCUT2D eigenvalue weighted by atomic mass is 10.1. The van der Waals surface area contributed by atoms with E-state index in [-0.39, 0.29) is 24.1 Å². The lowest BCUT2D eigenvalue weighted by molar-refractivity contribution is -0.132. The van der Waals surface area contributed by atoms with E-state index < -0.39 is 0 Å². The Labute approximate surface area is 207 Å². The number of anilines is 1. The zero-order valence-electron chi connectivity index (χ0n) is 20.0. The summed E-state index contributed by atoms with van der Waals surface area (Å²) in [5.74, 6) is 0.719. The summed E-state index contributed by atoms with van der Waals surface area (Å²) in [7, 11) is 0. The number of nitrogens with zero attached hydrogens (tertiary/aromatic N) is 7. The molecule has 0 unspecified atom stereocenters. The van der Waals surface area contributed by atoms with Crippen molar-refractivity contribution in [2.75, 3.05) is 31.1 Å². The van der Waals surface area contributed by atoms with Gasteiger partial charge in [0.2, 0.25) is 11.9 Å². The van der Waals surface area contributed by atoms with Crippen LogP contribution in [-0.2, 0) is 11.3 Å². The van der Waals surface area contributed by atoms with E-state index in [1.165, 1.54) is 16.8 Å². The molecule has 2 aromatic heterocycles. The van der Waals surface area contributed by atoms with Crippen LogP contribution in [0.5, 0.6) is 0 Å². The molecule has 3 heterocycles. The summed E-state index contributed by atoms with van der Waals surface area (Å²) >= 11 is 0. The molecule has 1 aliphatic heterocycles. The van der Waals surface area contributed by atoms with Crippen LogP contribution in [0.25, 0.3) is 22.8 Å². The van der Waals surface area contributed by atoms with E-state index in [0.717, 1.165) is 0 Å². The molecule has 1 saturated heterocycles. The van der Waals surface area contributed by atoms with Crippen molar-refractivity contribution in [1.29, 1.82) is 0 Å². The fourth-order valence-corrected chi connectivity index (χ4v) is 4.19. The first-order valence-electron chi connectivity index (χ1n) is 11.7. The minimum atomic E-state index is -0.324. The minimum absolute atomic E-state index is 0.0270. The van der Waals surface area contributed by atoms with E-state index in [0.29, 0.717) is 66.0 Å². The lowest BCUT2D eigenvalue weighted by Gasteiger charge is -2.34. The van der Waals surface area contributed by atoms with Gasteiger partial charge in [-0.15, -0.1) is 5.10 Å². The van der Waals surface area contributed by atoms with Gasteiger partial charge in [-0.1, -0.05) is 0 Å². The number of halogens is 2. The number of hydrogen-bond acceptors (Lipinski definition) is 6. The molecule has 184 valence electrons. The summed E-state index contributed by atoms with van der Waals surface area (Å²) in [4.78, 5) is 30.3. The van der Waals surface area contributed by atoms with Gasteiger partial charge in [-0.25, -0.2) is 28.4 Å². The maximum atomic E-state index is 13.9. The second kappa shape index (κ2) is 9.80. The number of piperazine rings is 1. The molecule has 5 rings (SSSR count). The molecule has 0 aliphatic carbocycles. The summed E-state index contributed by atoms with van der Waals surface area (Å²) in [5, 5.41) is 4.59. The molecule has 0 N–H and O–H groups in total. The van der Waals surface area contributed by atoms with Crippen molar-refractivity contribution < 1.29 is 13.6 Å². The number of aromatic nitrogens is 5. The molecule has 2 aromatic carbocycles. The number of carbonyl (C=O) groups is 1. The summed E-state index contributed by atoms with van der Waals surface area (Å²) < 4.78 is 29.3. The van der Waals surface area contributed by atoms with E-state index in [1.54, 1.807) is 61.5 Å². The van der Waals surface area contributed by atoms with Crippen LogP contribution in [-0.4, -0.2) is 61.7 Å². The smallest absolute Gasteiger partial charge is 0.244 e. The van der Waals surface area contributed by atoms with Gasteiger partial charge in [0, 0.05) is 49.7 Å². The van der Waals surface area contributed by atoms with Crippen molar-refractivity contribution in [1.82, 2.24) is 29.6 Å². The summed E-state index contributed by atoms with van der Waals surface area (Å²) in [6, 6.07) is 11.1. The van der Waals surface area contributed by atoms with Crippen molar-refractivity contribution in [3.8, 4) is 22.8 Å². The van der Waals surface area contributed by atoms with Gasteiger partial charge in [0.25, 0.3) is 0 Å². The van der Waals surface area contributed by atoms with Crippen molar-refractivity contribution >= 4 is 11.9 Å². The number of amides is 1. The second-order valence-electron chi connectivity index (χ2n) is 8.76. The minimum Gasteiger partial charge on any atom is -0.338 e. The van der Waals surface area contributed by atoms with E-state index in [1.807, 2.05) is 4.90 Å². The van der Waals surface area contributed by atoms with Crippen molar-refractivity contribution in [3.05, 3.63) is 77.6 Å². The largest absolute Gasteiger partial charge is 0.338 e. The predicted molar refractivity (Wildman–Crippen MR) is 131 cm³/mol. The third-order valence-electron chi connectivity index (χ3n) is 6.26. The average Bonchev–Trinajstić information content (AvgIpc) is 3.31.